The Morgan fingerprint density at radius 1 is 1.03 bits per heavy atom. The number of aliphatic carboxylic acids is 1. The predicted molar refractivity (Wildman–Crippen MR) is 125 cm³/mol. The fourth-order valence-electron chi connectivity index (χ4n) is 5.03. The molecule has 2 aromatic rings. The average molecular weight is 467 g/mol. The lowest BCUT2D eigenvalue weighted by molar-refractivity contribution is -0.145. The third-order valence-electron chi connectivity index (χ3n) is 6.76. The Morgan fingerprint density at radius 2 is 1.65 bits per heavy atom. The molecule has 8 nitrogen and oxygen atoms in total. The molecule has 34 heavy (non-hydrogen) atoms. The van der Waals surface area contributed by atoms with Crippen molar-refractivity contribution in [3.05, 3.63) is 59.7 Å². The van der Waals surface area contributed by atoms with Crippen LogP contribution >= 0.6 is 0 Å². The van der Waals surface area contributed by atoms with Crippen LogP contribution in [0, 0.1) is 5.92 Å². The lowest BCUT2D eigenvalue weighted by Gasteiger charge is -2.30. The first-order chi connectivity index (χ1) is 16.3. The first-order valence-corrected chi connectivity index (χ1v) is 11.7. The summed E-state index contributed by atoms with van der Waals surface area (Å²) >= 11 is 0. The molecular weight excluding hydrogens is 436 g/mol. The molecule has 2 aliphatic carbocycles. The molecule has 1 fully saturated rings. The number of alkyl carbamates (subject to hydrolysis) is 1. The molecule has 4 atom stereocenters. The minimum atomic E-state index is -1.36. The third-order valence-corrected chi connectivity index (χ3v) is 6.76. The number of amides is 2. The van der Waals surface area contributed by atoms with Gasteiger partial charge in [0.2, 0.25) is 5.91 Å². The fourth-order valence-corrected chi connectivity index (χ4v) is 5.03. The number of fused-ring (bicyclic) bond motifs is 3. The van der Waals surface area contributed by atoms with Gasteiger partial charge in [0.25, 0.3) is 0 Å². The molecule has 2 unspecified atom stereocenters. The predicted octanol–water partition coefficient (Wildman–Crippen LogP) is 3.03. The lowest BCUT2D eigenvalue weighted by Crippen LogP contribution is -2.51. The fraction of sp³-hybridized carbons (Fsp3) is 0.423. The van der Waals surface area contributed by atoms with Gasteiger partial charge in [-0.25, -0.2) is 9.59 Å². The molecule has 4 rings (SSSR count). The molecule has 0 aromatic heterocycles. The zero-order chi connectivity index (χ0) is 24.2. The highest BCUT2D eigenvalue weighted by Crippen LogP contribution is 2.44. The molecule has 4 N–H and O–H groups in total. The average Bonchev–Trinajstić information content (AvgIpc) is 3.14. The second-order valence-corrected chi connectivity index (χ2v) is 9.10. The number of carboxylic acid groups (broad SMARTS) is 1. The Bertz CT molecular complexity index is 1020. The van der Waals surface area contributed by atoms with Crippen LogP contribution in [0.4, 0.5) is 4.79 Å². The van der Waals surface area contributed by atoms with Gasteiger partial charge in [-0.15, -0.1) is 0 Å². The number of carboxylic acids is 1. The maximum Gasteiger partial charge on any atom is 0.407 e. The van der Waals surface area contributed by atoms with E-state index in [-0.39, 0.29) is 18.6 Å². The van der Waals surface area contributed by atoms with Gasteiger partial charge < -0.3 is 25.6 Å². The molecule has 2 aromatic carbocycles. The van der Waals surface area contributed by atoms with Crippen LogP contribution in [0.5, 0.6) is 0 Å². The van der Waals surface area contributed by atoms with E-state index in [0.717, 1.165) is 28.7 Å². The van der Waals surface area contributed by atoms with Crippen molar-refractivity contribution in [3.63, 3.8) is 0 Å². The van der Waals surface area contributed by atoms with Crippen molar-refractivity contribution in [2.24, 2.45) is 5.92 Å². The second kappa shape index (κ2) is 10.3. The topological polar surface area (TPSA) is 125 Å². The molecule has 0 spiro atoms. The van der Waals surface area contributed by atoms with E-state index in [0.29, 0.717) is 19.3 Å². The zero-order valence-corrected chi connectivity index (χ0v) is 19.1. The normalized spacial score (nSPS) is 21.0. The Kier molecular flexibility index (Phi) is 7.17. The lowest BCUT2D eigenvalue weighted by atomic mass is 9.85. The van der Waals surface area contributed by atoms with Crippen LogP contribution in [0.2, 0.25) is 0 Å². The number of ether oxygens (including phenoxy) is 1. The highest BCUT2D eigenvalue weighted by atomic mass is 16.5. The Morgan fingerprint density at radius 3 is 2.24 bits per heavy atom. The molecular formula is C26H30N2O6. The molecule has 2 aliphatic rings. The molecule has 0 heterocycles. The van der Waals surface area contributed by atoms with Crippen molar-refractivity contribution >= 4 is 18.0 Å². The first-order valence-electron chi connectivity index (χ1n) is 11.7. The number of nitrogens with one attached hydrogen (secondary N) is 2. The van der Waals surface area contributed by atoms with E-state index < -0.39 is 36.0 Å². The number of benzene rings is 2. The van der Waals surface area contributed by atoms with E-state index in [1.807, 2.05) is 24.3 Å². The molecule has 0 aliphatic heterocycles. The van der Waals surface area contributed by atoms with Gasteiger partial charge in [-0.3, -0.25) is 4.79 Å². The van der Waals surface area contributed by atoms with Crippen LogP contribution in [0.25, 0.3) is 11.1 Å². The van der Waals surface area contributed by atoms with Gasteiger partial charge in [0, 0.05) is 17.9 Å². The monoisotopic (exact) mass is 466 g/mol. The molecule has 2 amide bonds. The number of aliphatic hydroxyl groups is 1. The quantitative estimate of drug-likeness (QED) is 0.497. The van der Waals surface area contributed by atoms with Gasteiger partial charge in [0.1, 0.15) is 6.61 Å². The van der Waals surface area contributed by atoms with E-state index in [9.17, 15) is 24.6 Å². The van der Waals surface area contributed by atoms with Crippen LogP contribution < -0.4 is 10.6 Å². The van der Waals surface area contributed by atoms with Crippen LogP contribution in [0.15, 0.2) is 48.5 Å². The van der Waals surface area contributed by atoms with Gasteiger partial charge in [-0.1, -0.05) is 55.0 Å². The summed E-state index contributed by atoms with van der Waals surface area (Å²) in [6, 6.07) is 14.6. The van der Waals surface area contributed by atoms with Gasteiger partial charge in [0.05, 0.1) is 6.10 Å². The standard InChI is InChI=1S/C26H30N2O6/c1-15(29)23(25(31)32)28-24(30)16-7-6-8-17(13-16)27-26(33)34-14-22-20-11-4-2-9-18(20)19-10-3-5-12-21(19)22/h2-5,9-12,15-17,22-23,29H,6-8,13-14H2,1H3,(H,27,33)(H,28,30)(H,31,32)/t15?,16-,17+,23?/m1/s1. The maximum atomic E-state index is 12.6. The molecule has 1 saturated carbocycles. The maximum absolute atomic E-state index is 12.6. The molecule has 0 bridgehead atoms. The summed E-state index contributed by atoms with van der Waals surface area (Å²) in [4.78, 5) is 36.4. The molecule has 0 radical (unpaired) electrons. The van der Waals surface area contributed by atoms with Crippen molar-refractivity contribution in [1.82, 2.24) is 10.6 Å². The van der Waals surface area contributed by atoms with Gasteiger partial charge in [-0.2, -0.15) is 0 Å². The van der Waals surface area contributed by atoms with E-state index in [1.54, 1.807) is 0 Å². The molecule has 180 valence electrons. The number of aliphatic hydroxyl groups excluding tert-OH is 1. The highest BCUT2D eigenvalue weighted by Gasteiger charge is 2.33. The van der Waals surface area contributed by atoms with Gasteiger partial charge in [0.15, 0.2) is 6.04 Å². The van der Waals surface area contributed by atoms with Crippen molar-refractivity contribution in [1.29, 1.82) is 0 Å². The van der Waals surface area contributed by atoms with Crippen LogP contribution in [-0.2, 0) is 14.3 Å². The Balaban J connectivity index is 1.32. The minimum Gasteiger partial charge on any atom is -0.480 e. The summed E-state index contributed by atoms with van der Waals surface area (Å²) in [5.74, 6) is -2.18. The van der Waals surface area contributed by atoms with Crippen LogP contribution in [-0.4, -0.2) is 53.0 Å². The zero-order valence-electron chi connectivity index (χ0n) is 19.1. The number of hydrogen-bond acceptors (Lipinski definition) is 5. The van der Waals surface area contributed by atoms with Crippen molar-refractivity contribution < 1.29 is 29.3 Å². The first kappa shape index (κ1) is 23.8. The minimum absolute atomic E-state index is 0.0311. The number of rotatable bonds is 7. The highest BCUT2D eigenvalue weighted by molar-refractivity contribution is 5.85. The van der Waals surface area contributed by atoms with Crippen molar-refractivity contribution in [3.8, 4) is 11.1 Å². The van der Waals surface area contributed by atoms with Crippen LogP contribution in [0.3, 0.4) is 0 Å². The van der Waals surface area contributed by atoms with E-state index in [1.165, 1.54) is 6.92 Å². The Labute approximate surface area is 198 Å². The Hall–Kier alpha value is -3.39. The summed E-state index contributed by atoms with van der Waals surface area (Å²) in [6.45, 7) is 1.53. The number of hydrogen-bond donors (Lipinski definition) is 4. The largest absolute Gasteiger partial charge is 0.480 e. The van der Waals surface area contributed by atoms with Gasteiger partial charge in [-0.05, 0) is 48.4 Å². The number of carbonyl (C=O) groups excluding carboxylic acids is 2. The summed E-state index contributed by atoms with van der Waals surface area (Å²) in [5.41, 5.74) is 4.59. The number of carbonyl (C=O) groups is 3. The SMILES string of the molecule is CC(O)C(NC(=O)[C@@H]1CCC[C@H](NC(=O)OCC2c3ccccc3-c3ccccc32)C1)C(=O)O. The molecule has 8 heteroatoms. The van der Waals surface area contributed by atoms with E-state index in [2.05, 4.69) is 34.9 Å². The second-order valence-electron chi connectivity index (χ2n) is 9.10. The van der Waals surface area contributed by atoms with Crippen molar-refractivity contribution in [2.45, 2.75) is 56.7 Å². The molecule has 0 saturated heterocycles. The van der Waals surface area contributed by atoms with Gasteiger partial charge >= 0.3 is 12.1 Å². The summed E-state index contributed by atoms with van der Waals surface area (Å²) in [5, 5.41) is 24.1. The van der Waals surface area contributed by atoms with Crippen molar-refractivity contribution in [2.75, 3.05) is 6.61 Å². The summed E-state index contributed by atoms with van der Waals surface area (Å²) in [6.07, 6.45) is 0.689. The third kappa shape index (κ3) is 5.07. The van der Waals surface area contributed by atoms with E-state index in [4.69, 9.17) is 4.74 Å². The van der Waals surface area contributed by atoms with E-state index >= 15 is 0 Å². The summed E-state index contributed by atoms with van der Waals surface area (Å²) < 4.78 is 5.60. The van der Waals surface area contributed by atoms with Crippen LogP contribution in [0.1, 0.15) is 49.7 Å². The summed E-state index contributed by atoms with van der Waals surface area (Å²) in [7, 11) is 0. The smallest absolute Gasteiger partial charge is 0.407 e.